The number of alkyl carbamates (subject to hydrolysis) is 1. The van der Waals surface area contributed by atoms with Crippen molar-refractivity contribution in [1.82, 2.24) is 24.8 Å². The largest absolute Gasteiger partial charge is 0.486 e. The number of halogens is 1. The maximum atomic E-state index is 12.4. The number of piperidine rings is 1. The molecule has 0 unspecified atom stereocenters. The molecule has 0 aliphatic carbocycles. The van der Waals surface area contributed by atoms with Crippen molar-refractivity contribution in [2.75, 3.05) is 32.8 Å². The molecule has 0 atom stereocenters. The molecule has 1 saturated heterocycles. The molecule has 5 rings (SSSR count). The average molecular weight is 500 g/mol. The van der Waals surface area contributed by atoms with E-state index in [1.165, 1.54) is 6.07 Å². The van der Waals surface area contributed by atoms with E-state index in [1.54, 1.807) is 35.2 Å². The zero-order valence-electron chi connectivity index (χ0n) is 19.1. The normalized spacial score (nSPS) is 16.3. The fraction of sp³-hybridized carbons (Fsp3) is 0.417. The van der Waals surface area contributed by atoms with Crippen LogP contribution in [-0.4, -0.2) is 64.5 Å². The molecule has 184 valence electrons. The lowest BCUT2D eigenvalue weighted by Gasteiger charge is -2.31. The van der Waals surface area contributed by atoms with Gasteiger partial charge in [0.2, 0.25) is 0 Å². The molecule has 1 fully saturated rings. The van der Waals surface area contributed by atoms with Crippen LogP contribution in [0.4, 0.5) is 4.79 Å². The molecule has 10 nitrogen and oxygen atoms in total. The van der Waals surface area contributed by atoms with Gasteiger partial charge in [0, 0.05) is 44.5 Å². The van der Waals surface area contributed by atoms with E-state index in [9.17, 15) is 9.59 Å². The molecule has 2 aliphatic heterocycles. The molecule has 5 heterocycles. The highest BCUT2D eigenvalue weighted by molar-refractivity contribution is 6.31. The summed E-state index contributed by atoms with van der Waals surface area (Å²) < 4.78 is 18.3. The minimum absolute atomic E-state index is 0.0797. The Kier molecular flexibility index (Phi) is 7.01. The number of hydrogen-bond acceptors (Lipinski definition) is 8. The second-order valence-corrected chi connectivity index (χ2v) is 8.94. The Hall–Kier alpha value is -3.37. The number of rotatable bonds is 6. The number of carbonyl (C=O) groups is 1. The first-order chi connectivity index (χ1) is 17.0. The zero-order valence-corrected chi connectivity index (χ0v) is 19.9. The van der Waals surface area contributed by atoms with Crippen molar-refractivity contribution in [3.8, 4) is 11.5 Å². The molecule has 0 spiro atoms. The second-order valence-electron chi connectivity index (χ2n) is 8.50. The Morgan fingerprint density at radius 2 is 1.89 bits per heavy atom. The maximum Gasteiger partial charge on any atom is 0.407 e. The second kappa shape index (κ2) is 10.5. The number of aromatic nitrogens is 3. The highest BCUT2D eigenvalue weighted by Crippen LogP contribution is 2.29. The topological polar surface area (TPSA) is 108 Å². The van der Waals surface area contributed by atoms with Gasteiger partial charge in [-0.25, -0.2) is 4.79 Å². The molecule has 3 aromatic heterocycles. The van der Waals surface area contributed by atoms with Crippen molar-refractivity contribution in [1.29, 1.82) is 0 Å². The Morgan fingerprint density at radius 1 is 1.09 bits per heavy atom. The minimum Gasteiger partial charge on any atom is -0.486 e. The summed E-state index contributed by atoms with van der Waals surface area (Å²) in [5, 5.41) is 3.25. The van der Waals surface area contributed by atoms with E-state index in [0.29, 0.717) is 48.5 Å². The summed E-state index contributed by atoms with van der Waals surface area (Å²) in [6.07, 6.45) is 4.02. The van der Waals surface area contributed by atoms with E-state index in [4.69, 9.17) is 25.8 Å². The van der Waals surface area contributed by atoms with E-state index >= 15 is 0 Å². The summed E-state index contributed by atoms with van der Waals surface area (Å²) in [5.41, 5.74) is 2.05. The van der Waals surface area contributed by atoms with E-state index in [1.807, 2.05) is 0 Å². The number of ether oxygens (including phenoxy) is 3. The molecule has 1 N–H and O–H groups in total. The SMILES string of the molecule is O=C(NCc1cc2c(cn1)OCCO2)OC1CCN(CCn2c(=O)ccc3ncc(Cl)cc32)CC1. The van der Waals surface area contributed by atoms with Crippen LogP contribution < -0.4 is 20.3 Å². The van der Waals surface area contributed by atoms with Crippen LogP contribution in [-0.2, 0) is 17.8 Å². The number of pyridine rings is 3. The number of carbonyl (C=O) groups excluding carboxylic acids is 1. The first-order valence-electron chi connectivity index (χ1n) is 11.6. The van der Waals surface area contributed by atoms with Crippen LogP contribution >= 0.6 is 11.6 Å². The summed E-state index contributed by atoms with van der Waals surface area (Å²) >= 11 is 6.09. The lowest BCUT2D eigenvalue weighted by Crippen LogP contribution is -2.41. The Morgan fingerprint density at radius 3 is 2.71 bits per heavy atom. The summed E-state index contributed by atoms with van der Waals surface area (Å²) in [5.74, 6) is 1.24. The molecule has 0 bridgehead atoms. The van der Waals surface area contributed by atoms with Gasteiger partial charge in [0.05, 0.1) is 34.5 Å². The fourth-order valence-electron chi connectivity index (χ4n) is 4.31. The molecule has 0 saturated carbocycles. The summed E-state index contributed by atoms with van der Waals surface area (Å²) in [4.78, 5) is 35.5. The van der Waals surface area contributed by atoms with E-state index in [-0.39, 0.29) is 18.2 Å². The summed E-state index contributed by atoms with van der Waals surface area (Å²) in [6.45, 7) is 4.04. The highest BCUT2D eigenvalue weighted by atomic mass is 35.5. The predicted octanol–water partition coefficient (Wildman–Crippen LogP) is 2.61. The zero-order chi connectivity index (χ0) is 24.2. The number of likely N-dealkylation sites (tertiary alicyclic amines) is 1. The molecule has 0 aromatic carbocycles. The Labute approximate surface area is 206 Å². The first-order valence-corrected chi connectivity index (χ1v) is 12.0. The van der Waals surface area contributed by atoms with Crippen molar-refractivity contribution >= 4 is 28.7 Å². The fourth-order valence-corrected chi connectivity index (χ4v) is 4.46. The van der Waals surface area contributed by atoms with Gasteiger partial charge in [0.15, 0.2) is 11.5 Å². The van der Waals surface area contributed by atoms with Gasteiger partial charge in [-0.1, -0.05) is 11.6 Å². The molecule has 11 heteroatoms. The van der Waals surface area contributed by atoms with E-state index in [0.717, 1.165) is 37.0 Å². The number of hydrogen-bond donors (Lipinski definition) is 1. The average Bonchev–Trinajstić information content (AvgIpc) is 2.87. The lowest BCUT2D eigenvalue weighted by atomic mass is 10.1. The summed E-state index contributed by atoms with van der Waals surface area (Å²) in [6, 6.07) is 6.77. The molecule has 3 aromatic rings. The molecule has 35 heavy (non-hydrogen) atoms. The Bertz CT molecular complexity index is 1270. The van der Waals surface area contributed by atoms with Crippen molar-refractivity contribution in [2.45, 2.75) is 32.0 Å². The van der Waals surface area contributed by atoms with E-state index in [2.05, 4.69) is 20.2 Å². The van der Waals surface area contributed by atoms with Gasteiger partial charge in [0.25, 0.3) is 5.56 Å². The molecular formula is C24H26ClN5O5. The molecule has 0 radical (unpaired) electrons. The molecule has 1 amide bonds. The standard InChI is InChI=1S/C24H26ClN5O5/c25-16-11-20-19(27-13-16)1-2-23(31)30(20)8-7-29-5-3-18(4-6-29)35-24(32)28-14-17-12-21-22(15-26-17)34-10-9-33-21/h1-2,11-13,15,18H,3-10,14H2,(H,28,32). The number of amides is 1. The van der Waals surface area contributed by atoms with Crippen molar-refractivity contribution in [3.63, 3.8) is 0 Å². The van der Waals surface area contributed by atoms with Gasteiger partial charge >= 0.3 is 6.09 Å². The third-order valence-electron chi connectivity index (χ3n) is 6.15. The van der Waals surface area contributed by atoms with Gasteiger partial charge < -0.3 is 29.0 Å². The van der Waals surface area contributed by atoms with Crippen LogP contribution in [0, 0.1) is 0 Å². The smallest absolute Gasteiger partial charge is 0.407 e. The van der Waals surface area contributed by atoms with Gasteiger partial charge in [0.1, 0.15) is 19.3 Å². The lowest BCUT2D eigenvalue weighted by molar-refractivity contribution is 0.0496. The van der Waals surface area contributed by atoms with Crippen LogP contribution in [0.25, 0.3) is 11.0 Å². The minimum atomic E-state index is -0.466. The van der Waals surface area contributed by atoms with Gasteiger partial charge in [-0.15, -0.1) is 0 Å². The third-order valence-corrected chi connectivity index (χ3v) is 6.36. The van der Waals surface area contributed by atoms with Crippen LogP contribution in [0.15, 0.2) is 41.5 Å². The van der Waals surface area contributed by atoms with Crippen molar-refractivity contribution in [3.05, 3.63) is 57.7 Å². The number of nitrogens with one attached hydrogen (secondary N) is 1. The van der Waals surface area contributed by atoms with Crippen molar-refractivity contribution in [2.24, 2.45) is 0 Å². The third kappa shape index (κ3) is 5.66. The van der Waals surface area contributed by atoms with Crippen LogP contribution in [0.5, 0.6) is 11.5 Å². The monoisotopic (exact) mass is 499 g/mol. The van der Waals surface area contributed by atoms with Gasteiger partial charge in [-0.3, -0.25) is 14.8 Å². The quantitative estimate of drug-likeness (QED) is 0.551. The van der Waals surface area contributed by atoms with Gasteiger partial charge in [-0.05, 0) is 25.0 Å². The highest BCUT2D eigenvalue weighted by Gasteiger charge is 2.22. The number of fused-ring (bicyclic) bond motifs is 2. The van der Waals surface area contributed by atoms with Gasteiger partial charge in [-0.2, -0.15) is 0 Å². The maximum absolute atomic E-state index is 12.4. The van der Waals surface area contributed by atoms with E-state index < -0.39 is 6.09 Å². The molecule has 2 aliphatic rings. The molecular weight excluding hydrogens is 474 g/mol. The Balaban J connectivity index is 1.08. The number of nitrogens with zero attached hydrogens (tertiary/aromatic N) is 4. The van der Waals surface area contributed by atoms with Crippen LogP contribution in [0.2, 0.25) is 5.02 Å². The van der Waals surface area contributed by atoms with Crippen LogP contribution in [0.1, 0.15) is 18.5 Å². The van der Waals surface area contributed by atoms with Crippen LogP contribution in [0.3, 0.4) is 0 Å². The summed E-state index contributed by atoms with van der Waals surface area (Å²) in [7, 11) is 0. The first kappa shape index (κ1) is 23.4. The van der Waals surface area contributed by atoms with Crippen molar-refractivity contribution < 1.29 is 19.0 Å². The predicted molar refractivity (Wildman–Crippen MR) is 129 cm³/mol.